The van der Waals surface area contributed by atoms with Gasteiger partial charge in [0.15, 0.2) is 0 Å². The summed E-state index contributed by atoms with van der Waals surface area (Å²) in [4.78, 5) is 6.82. The van der Waals surface area contributed by atoms with E-state index in [2.05, 4.69) is 9.88 Å². The van der Waals surface area contributed by atoms with E-state index in [0.29, 0.717) is 12.1 Å². The Hall–Kier alpha value is -1.29. The number of hydrogen-bond donors (Lipinski definition) is 1. The number of rotatable bonds is 1. The molecule has 2 unspecified atom stereocenters. The van der Waals surface area contributed by atoms with E-state index in [9.17, 15) is 0 Å². The zero-order valence-corrected chi connectivity index (χ0v) is 10.0. The van der Waals surface area contributed by atoms with Gasteiger partial charge in [-0.15, -0.1) is 0 Å². The summed E-state index contributed by atoms with van der Waals surface area (Å²) < 4.78 is 5.86. The van der Waals surface area contributed by atoms with Crippen molar-refractivity contribution in [1.82, 2.24) is 4.98 Å². The van der Waals surface area contributed by atoms with Crippen LogP contribution < -0.4 is 10.6 Å². The van der Waals surface area contributed by atoms with Crippen LogP contribution in [0.15, 0.2) is 18.3 Å². The second-order valence-electron chi connectivity index (χ2n) is 4.90. The highest BCUT2D eigenvalue weighted by atomic mass is 16.5. The number of anilines is 2. The van der Waals surface area contributed by atoms with E-state index < -0.39 is 0 Å². The molecule has 1 saturated carbocycles. The van der Waals surface area contributed by atoms with Gasteiger partial charge in [-0.3, -0.25) is 0 Å². The fourth-order valence-electron chi connectivity index (χ4n) is 2.97. The van der Waals surface area contributed by atoms with E-state index in [1.807, 2.05) is 12.1 Å². The van der Waals surface area contributed by atoms with Crippen LogP contribution in [0, 0.1) is 0 Å². The van der Waals surface area contributed by atoms with Gasteiger partial charge in [-0.1, -0.05) is 12.8 Å². The van der Waals surface area contributed by atoms with E-state index in [1.54, 1.807) is 6.20 Å². The lowest BCUT2D eigenvalue weighted by Crippen LogP contribution is -2.53. The summed E-state index contributed by atoms with van der Waals surface area (Å²) in [6.07, 6.45) is 7.16. The number of nitrogen functional groups attached to an aromatic ring is 1. The normalized spacial score (nSPS) is 28.8. The summed E-state index contributed by atoms with van der Waals surface area (Å²) in [6, 6.07) is 4.30. The minimum Gasteiger partial charge on any atom is -0.399 e. The molecule has 1 saturated heterocycles. The van der Waals surface area contributed by atoms with Gasteiger partial charge in [0, 0.05) is 24.5 Å². The molecule has 4 heteroatoms. The van der Waals surface area contributed by atoms with Crippen LogP contribution in [0.25, 0.3) is 0 Å². The van der Waals surface area contributed by atoms with Crippen LogP contribution in [0.1, 0.15) is 25.7 Å². The van der Waals surface area contributed by atoms with Crippen molar-refractivity contribution in [3.63, 3.8) is 0 Å². The molecule has 3 rings (SSSR count). The first-order chi connectivity index (χ1) is 8.34. The minimum absolute atomic E-state index is 0.390. The molecule has 1 aromatic heterocycles. The number of nitrogens with zero attached hydrogens (tertiary/aromatic N) is 2. The van der Waals surface area contributed by atoms with E-state index in [4.69, 9.17) is 10.5 Å². The van der Waals surface area contributed by atoms with Crippen LogP contribution in [0.5, 0.6) is 0 Å². The second-order valence-corrected chi connectivity index (χ2v) is 4.90. The molecule has 92 valence electrons. The first kappa shape index (κ1) is 10.8. The first-order valence-electron chi connectivity index (χ1n) is 6.44. The number of pyridine rings is 1. The average Bonchev–Trinajstić information content (AvgIpc) is 2.38. The van der Waals surface area contributed by atoms with Crippen molar-refractivity contribution < 1.29 is 4.74 Å². The van der Waals surface area contributed by atoms with E-state index in [0.717, 1.165) is 24.7 Å². The van der Waals surface area contributed by atoms with Crippen molar-refractivity contribution in [3.05, 3.63) is 18.3 Å². The maximum atomic E-state index is 5.86. The van der Waals surface area contributed by atoms with Gasteiger partial charge in [-0.25, -0.2) is 4.98 Å². The van der Waals surface area contributed by atoms with Gasteiger partial charge in [0.25, 0.3) is 0 Å². The quantitative estimate of drug-likeness (QED) is 0.803. The van der Waals surface area contributed by atoms with Crippen LogP contribution in [-0.4, -0.2) is 30.3 Å². The molecule has 1 aliphatic heterocycles. The maximum Gasteiger partial charge on any atom is 0.130 e. The second kappa shape index (κ2) is 4.53. The molecule has 1 aromatic rings. The zero-order chi connectivity index (χ0) is 11.7. The number of hydrogen-bond acceptors (Lipinski definition) is 4. The van der Waals surface area contributed by atoms with Crippen molar-refractivity contribution in [2.24, 2.45) is 0 Å². The molecule has 2 fully saturated rings. The van der Waals surface area contributed by atoms with Crippen LogP contribution in [0.3, 0.4) is 0 Å². The third-order valence-electron chi connectivity index (χ3n) is 3.80. The van der Waals surface area contributed by atoms with E-state index in [1.165, 1.54) is 25.7 Å². The SMILES string of the molecule is Nc1ccnc(N2CCOC3CCCCC32)c1. The van der Waals surface area contributed by atoms with Gasteiger partial charge in [0.05, 0.1) is 18.8 Å². The molecule has 1 aliphatic carbocycles. The van der Waals surface area contributed by atoms with Crippen LogP contribution in [0.4, 0.5) is 11.5 Å². The minimum atomic E-state index is 0.390. The van der Waals surface area contributed by atoms with Crippen molar-refractivity contribution in [1.29, 1.82) is 0 Å². The summed E-state index contributed by atoms with van der Waals surface area (Å²) >= 11 is 0. The molecule has 0 amide bonds. The Labute approximate surface area is 102 Å². The van der Waals surface area contributed by atoms with Crippen molar-refractivity contribution in [2.75, 3.05) is 23.8 Å². The Morgan fingerprint density at radius 1 is 1.35 bits per heavy atom. The summed E-state index contributed by atoms with van der Waals surface area (Å²) in [7, 11) is 0. The van der Waals surface area contributed by atoms with Gasteiger partial charge >= 0.3 is 0 Å². The third-order valence-corrected chi connectivity index (χ3v) is 3.80. The Kier molecular flexibility index (Phi) is 2.89. The van der Waals surface area contributed by atoms with Gasteiger partial charge in [0.1, 0.15) is 5.82 Å². The smallest absolute Gasteiger partial charge is 0.130 e. The molecule has 17 heavy (non-hydrogen) atoms. The molecular weight excluding hydrogens is 214 g/mol. The first-order valence-corrected chi connectivity index (χ1v) is 6.44. The number of morpholine rings is 1. The fraction of sp³-hybridized carbons (Fsp3) is 0.615. The number of aromatic nitrogens is 1. The number of ether oxygens (including phenoxy) is 1. The average molecular weight is 233 g/mol. The van der Waals surface area contributed by atoms with Crippen LogP contribution in [0.2, 0.25) is 0 Å². The Balaban J connectivity index is 1.85. The Morgan fingerprint density at radius 3 is 3.12 bits per heavy atom. The van der Waals surface area contributed by atoms with E-state index >= 15 is 0 Å². The van der Waals surface area contributed by atoms with Gasteiger partial charge in [0.2, 0.25) is 0 Å². The zero-order valence-electron chi connectivity index (χ0n) is 10.0. The van der Waals surface area contributed by atoms with E-state index in [-0.39, 0.29) is 0 Å². The van der Waals surface area contributed by atoms with Crippen molar-refractivity contribution in [2.45, 2.75) is 37.8 Å². The standard InChI is InChI=1S/C13H19N3O/c14-10-5-6-15-13(9-10)16-7-8-17-12-4-2-1-3-11(12)16/h5-6,9,11-12H,1-4,7-8H2,(H2,14,15). The summed E-state index contributed by atoms with van der Waals surface area (Å²) in [5.74, 6) is 1.00. The molecule has 2 N–H and O–H groups in total. The topological polar surface area (TPSA) is 51.4 Å². The van der Waals surface area contributed by atoms with Gasteiger partial charge in [-0.2, -0.15) is 0 Å². The fourth-order valence-corrected chi connectivity index (χ4v) is 2.97. The summed E-state index contributed by atoms with van der Waals surface area (Å²) in [5.41, 5.74) is 6.62. The molecule has 0 spiro atoms. The van der Waals surface area contributed by atoms with Gasteiger partial charge in [-0.05, 0) is 18.9 Å². The molecule has 2 aliphatic rings. The lowest BCUT2D eigenvalue weighted by molar-refractivity contribution is -0.00898. The van der Waals surface area contributed by atoms with Crippen molar-refractivity contribution >= 4 is 11.5 Å². The van der Waals surface area contributed by atoms with Gasteiger partial charge < -0.3 is 15.4 Å². The largest absolute Gasteiger partial charge is 0.399 e. The lowest BCUT2D eigenvalue weighted by Gasteiger charge is -2.44. The molecule has 4 nitrogen and oxygen atoms in total. The Morgan fingerprint density at radius 2 is 2.24 bits per heavy atom. The molecule has 2 atom stereocenters. The number of nitrogens with two attached hydrogens (primary N) is 1. The highest BCUT2D eigenvalue weighted by molar-refractivity contribution is 5.51. The predicted molar refractivity (Wildman–Crippen MR) is 68.0 cm³/mol. The Bertz CT molecular complexity index is 394. The highest BCUT2D eigenvalue weighted by Gasteiger charge is 2.34. The number of fused-ring (bicyclic) bond motifs is 1. The molecule has 2 heterocycles. The summed E-state index contributed by atoms with van der Waals surface area (Å²) in [5, 5.41) is 0. The van der Waals surface area contributed by atoms with Crippen LogP contribution >= 0.6 is 0 Å². The molecule has 0 radical (unpaired) electrons. The van der Waals surface area contributed by atoms with Crippen LogP contribution in [-0.2, 0) is 4.74 Å². The molecule has 0 aromatic carbocycles. The van der Waals surface area contributed by atoms with Crippen molar-refractivity contribution in [3.8, 4) is 0 Å². The highest BCUT2D eigenvalue weighted by Crippen LogP contribution is 2.31. The maximum absolute atomic E-state index is 5.86. The predicted octanol–water partition coefficient (Wildman–Crippen LogP) is 1.81. The summed E-state index contributed by atoms with van der Waals surface area (Å²) in [6.45, 7) is 1.73. The lowest BCUT2D eigenvalue weighted by atomic mass is 9.90. The molecular formula is C13H19N3O. The molecule has 0 bridgehead atoms. The monoisotopic (exact) mass is 233 g/mol. The third kappa shape index (κ3) is 2.09.